The first-order chi connectivity index (χ1) is 29.0. The highest BCUT2D eigenvalue weighted by Gasteiger charge is 2.19. The van der Waals surface area contributed by atoms with Crippen molar-refractivity contribution in [2.75, 3.05) is 13.2 Å². The molecule has 0 aliphatic rings. The van der Waals surface area contributed by atoms with Gasteiger partial charge in [0.1, 0.15) is 13.2 Å². The molecule has 1 atom stereocenters. The second-order valence-corrected chi connectivity index (χ2v) is 15.6. The summed E-state index contributed by atoms with van der Waals surface area (Å²) in [5.74, 6) is -0.973. The van der Waals surface area contributed by atoms with Gasteiger partial charge >= 0.3 is 17.9 Å². The van der Waals surface area contributed by atoms with Crippen LogP contribution in [0.2, 0.25) is 0 Å². The topological polar surface area (TPSA) is 78.9 Å². The second kappa shape index (κ2) is 47.3. The molecule has 0 saturated carbocycles. The van der Waals surface area contributed by atoms with Crippen molar-refractivity contribution in [3.8, 4) is 0 Å². The molecule has 0 aliphatic carbocycles. The highest BCUT2D eigenvalue weighted by molar-refractivity contribution is 5.71. The number of hydrogen-bond acceptors (Lipinski definition) is 6. The van der Waals surface area contributed by atoms with E-state index in [0.29, 0.717) is 19.3 Å². The third-order valence-corrected chi connectivity index (χ3v) is 9.85. The maximum atomic E-state index is 12.7. The van der Waals surface area contributed by atoms with Gasteiger partial charge in [0.25, 0.3) is 0 Å². The van der Waals surface area contributed by atoms with Gasteiger partial charge in [0, 0.05) is 19.3 Å². The van der Waals surface area contributed by atoms with Gasteiger partial charge in [-0.3, -0.25) is 14.4 Å². The van der Waals surface area contributed by atoms with Crippen molar-refractivity contribution < 1.29 is 28.6 Å². The van der Waals surface area contributed by atoms with E-state index in [-0.39, 0.29) is 31.1 Å². The number of rotatable bonds is 42. The van der Waals surface area contributed by atoms with Crippen LogP contribution in [0.25, 0.3) is 0 Å². The highest BCUT2D eigenvalue weighted by atomic mass is 16.6. The molecule has 0 aromatic heterocycles. The summed E-state index contributed by atoms with van der Waals surface area (Å²) in [4.78, 5) is 37.8. The van der Waals surface area contributed by atoms with Crippen LogP contribution in [0.4, 0.5) is 0 Å². The highest BCUT2D eigenvalue weighted by Crippen LogP contribution is 2.12. The number of allylic oxidation sites excluding steroid dienone is 14. The maximum Gasteiger partial charge on any atom is 0.306 e. The first-order valence-corrected chi connectivity index (χ1v) is 24.1. The molecule has 0 heterocycles. The Morgan fingerprint density at radius 3 is 1.14 bits per heavy atom. The van der Waals surface area contributed by atoms with Crippen LogP contribution in [0, 0.1) is 0 Å². The minimum absolute atomic E-state index is 0.102. The van der Waals surface area contributed by atoms with Crippen LogP contribution in [0.15, 0.2) is 85.1 Å². The molecule has 6 heteroatoms. The Morgan fingerprint density at radius 1 is 0.356 bits per heavy atom. The molecule has 0 saturated heterocycles. The van der Waals surface area contributed by atoms with Crippen molar-refractivity contribution >= 4 is 17.9 Å². The zero-order valence-electron chi connectivity index (χ0n) is 38.2. The third-order valence-electron chi connectivity index (χ3n) is 9.85. The summed E-state index contributed by atoms with van der Waals surface area (Å²) >= 11 is 0. The molecule has 0 amide bonds. The van der Waals surface area contributed by atoms with Gasteiger partial charge in [0.2, 0.25) is 0 Å². The zero-order valence-corrected chi connectivity index (χ0v) is 38.2. The van der Waals surface area contributed by atoms with Crippen LogP contribution in [-0.4, -0.2) is 37.2 Å². The Morgan fingerprint density at radius 2 is 0.678 bits per heavy atom. The number of carbonyl (C=O) groups is 3. The quantitative estimate of drug-likeness (QED) is 0.0264. The van der Waals surface area contributed by atoms with E-state index in [2.05, 4.69) is 106 Å². The van der Waals surface area contributed by atoms with Gasteiger partial charge < -0.3 is 14.2 Å². The molecule has 0 bridgehead atoms. The Labute approximate surface area is 363 Å². The summed E-state index contributed by atoms with van der Waals surface area (Å²) < 4.78 is 16.7. The molecule has 0 radical (unpaired) electrons. The minimum Gasteiger partial charge on any atom is -0.462 e. The second-order valence-electron chi connectivity index (χ2n) is 15.6. The molecule has 0 aliphatic heterocycles. The van der Waals surface area contributed by atoms with Gasteiger partial charge in [-0.2, -0.15) is 0 Å². The first kappa shape index (κ1) is 55.6. The van der Waals surface area contributed by atoms with Gasteiger partial charge in [0.15, 0.2) is 6.10 Å². The average molecular weight is 821 g/mol. The normalized spacial score (nSPS) is 12.8. The fraction of sp³-hybridized carbons (Fsp3) is 0.679. The fourth-order valence-corrected chi connectivity index (χ4v) is 6.21. The van der Waals surface area contributed by atoms with E-state index in [1.54, 1.807) is 0 Å². The molecule has 0 aromatic carbocycles. The van der Waals surface area contributed by atoms with Crippen molar-refractivity contribution in [1.29, 1.82) is 0 Å². The lowest BCUT2D eigenvalue weighted by Gasteiger charge is -2.18. The Balaban J connectivity index is 4.48. The standard InChI is InChI=1S/C53H88O6/c1-4-7-10-13-16-19-22-24-26-28-31-33-36-39-42-45-51(54)57-48-50(59-53(56)47-44-41-38-35-30-21-18-15-12-9-6-3)49-58-52(55)46-43-40-37-34-32-29-27-25-23-20-17-14-11-8-5-2/h7,10,15-20,24-27,32,34,50H,4-6,8-9,11-14,21-23,28-31,33,35-49H2,1-3H3/b10-7-,18-15-,19-16-,20-17-,26-24-,27-25-,34-32-/t50-/m1/s1. The third kappa shape index (κ3) is 45.5. The van der Waals surface area contributed by atoms with Crippen molar-refractivity contribution in [2.45, 2.75) is 219 Å². The molecule has 6 nitrogen and oxygen atoms in total. The maximum absolute atomic E-state index is 12.7. The smallest absolute Gasteiger partial charge is 0.306 e. The largest absolute Gasteiger partial charge is 0.462 e. The lowest BCUT2D eigenvalue weighted by atomic mass is 10.1. The van der Waals surface area contributed by atoms with E-state index >= 15 is 0 Å². The van der Waals surface area contributed by atoms with Crippen molar-refractivity contribution in [2.24, 2.45) is 0 Å². The van der Waals surface area contributed by atoms with Gasteiger partial charge in [0.05, 0.1) is 0 Å². The molecule has 336 valence electrons. The lowest BCUT2D eigenvalue weighted by Crippen LogP contribution is -2.30. The predicted octanol–water partition coefficient (Wildman–Crippen LogP) is 15.6. The molecular weight excluding hydrogens is 733 g/mol. The molecule has 59 heavy (non-hydrogen) atoms. The van der Waals surface area contributed by atoms with Crippen molar-refractivity contribution in [1.82, 2.24) is 0 Å². The molecule has 0 N–H and O–H groups in total. The van der Waals surface area contributed by atoms with Crippen molar-refractivity contribution in [3.05, 3.63) is 85.1 Å². The van der Waals surface area contributed by atoms with E-state index in [1.165, 1.54) is 51.4 Å². The number of esters is 3. The number of unbranched alkanes of at least 4 members (excludes halogenated alkanes) is 17. The van der Waals surface area contributed by atoms with E-state index in [1.807, 2.05) is 0 Å². The molecule has 0 spiro atoms. The Hall–Kier alpha value is -3.41. The van der Waals surface area contributed by atoms with E-state index < -0.39 is 6.10 Å². The minimum atomic E-state index is -0.802. The first-order valence-electron chi connectivity index (χ1n) is 24.1. The monoisotopic (exact) mass is 821 g/mol. The molecule has 0 aromatic rings. The molecular formula is C53H88O6. The number of ether oxygens (including phenoxy) is 3. The molecule has 0 rings (SSSR count). The van der Waals surface area contributed by atoms with Crippen LogP contribution in [0.1, 0.15) is 213 Å². The summed E-state index contributed by atoms with van der Waals surface area (Å²) in [6, 6.07) is 0. The van der Waals surface area contributed by atoms with E-state index in [0.717, 1.165) is 122 Å². The van der Waals surface area contributed by atoms with Crippen LogP contribution in [-0.2, 0) is 28.6 Å². The fourth-order valence-electron chi connectivity index (χ4n) is 6.21. The van der Waals surface area contributed by atoms with E-state index in [4.69, 9.17) is 14.2 Å². The Kier molecular flexibility index (Phi) is 44.5. The predicted molar refractivity (Wildman–Crippen MR) is 251 cm³/mol. The van der Waals surface area contributed by atoms with Crippen LogP contribution in [0.5, 0.6) is 0 Å². The van der Waals surface area contributed by atoms with Gasteiger partial charge in [-0.25, -0.2) is 0 Å². The Bertz CT molecular complexity index is 1170. The summed E-state index contributed by atoms with van der Waals surface area (Å²) in [6.45, 7) is 6.38. The van der Waals surface area contributed by atoms with Crippen LogP contribution < -0.4 is 0 Å². The molecule has 0 unspecified atom stereocenters. The van der Waals surface area contributed by atoms with Gasteiger partial charge in [-0.05, 0) is 109 Å². The lowest BCUT2D eigenvalue weighted by molar-refractivity contribution is -0.167. The number of carbonyl (C=O) groups excluding carboxylic acids is 3. The summed E-state index contributed by atoms with van der Waals surface area (Å²) in [6.07, 6.45) is 59.9. The van der Waals surface area contributed by atoms with E-state index in [9.17, 15) is 14.4 Å². The average Bonchev–Trinajstić information content (AvgIpc) is 3.23. The van der Waals surface area contributed by atoms with Gasteiger partial charge in [-0.1, -0.05) is 170 Å². The number of hydrogen-bond donors (Lipinski definition) is 0. The molecule has 0 fully saturated rings. The summed E-state index contributed by atoms with van der Waals surface area (Å²) in [7, 11) is 0. The zero-order chi connectivity index (χ0) is 43.0. The van der Waals surface area contributed by atoms with Crippen LogP contribution >= 0.6 is 0 Å². The van der Waals surface area contributed by atoms with Crippen molar-refractivity contribution in [3.63, 3.8) is 0 Å². The SMILES string of the molecule is CC/C=C\C/C=C\C/C=C\CCCCCCCC(=O)OC[C@H](COC(=O)CCCC/C=C\C/C=C\C/C=C\CCCCC)OC(=O)CCCCCCC/C=C\CCCC. The summed E-state index contributed by atoms with van der Waals surface area (Å²) in [5, 5.41) is 0. The van der Waals surface area contributed by atoms with Crippen LogP contribution in [0.3, 0.4) is 0 Å². The van der Waals surface area contributed by atoms with Gasteiger partial charge in [-0.15, -0.1) is 0 Å². The summed E-state index contributed by atoms with van der Waals surface area (Å²) in [5.41, 5.74) is 0.